The topological polar surface area (TPSA) is 44.4 Å². The molecule has 102 valence electrons. The van der Waals surface area contributed by atoms with Crippen LogP contribution < -0.4 is 10.6 Å². The summed E-state index contributed by atoms with van der Waals surface area (Å²) in [6.07, 6.45) is 3.04. The van der Waals surface area contributed by atoms with Crippen LogP contribution >= 0.6 is 0 Å². The lowest BCUT2D eigenvalue weighted by Crippen LogP contribution is -2.49. The second-order valence-electron chi connectivity index (χ2n) is 5.41. The summed E-state index contributed by atoms with van der Waals surface area (Å²) in [6, 6.07) is 8.85. The Morgan fingerprint density at radius 1 is 1.21 bits per heavy atom. The molecule has 1 aromatic rings. The maximum absolute atomic E-state index is 12.3. The summed E-state index contributed by atoms with van der Waals surface area (Å²) in [5.74, 6) is 0. The van der Waals surface area contributed by atoms with Crippen molar-refractivity contribution in [3.8, 4) is 0 Å². The van der Waals surface area contributed by atoms with Crippen LogP contribution in [0.2, 0.25) is 0 Å². The number of hydrogen-bond donors (Lipinski definition) is 2. The zero-order valence-electron chi connectivity index (χ0n) is 11.2. The number of carbonyl (C=O) groups is 1. The van der Waals surface area contributed by atoms with Gasteiger partial charge in [-0.3, -0.25) is 0 Å². The number of nitrogens with zero attached hydrogens (tertiary/aromatic N) is 1. The van der Waals surface area contributed by atoms with E-state index in [1.165, 1.54) is 11.1 Å². The standard InChI is InChI=1S/C15H21N3O/c19-15(17-14-5-8-16-9-6-14)18-10-7-12-3-1-2-4-13(12)11-18/h1-4,14,16H,5-11H2,(H,17,19). The third-order valence-corrected chi connectivity index (χ3v) is 4.08. The summed E-state index contributed by atoms with van der Waals surface area (Å²) in [4.78, 5) is 14.2. The Morgan fingerprint density at radius 2 is 1.95 bits per heavy atom. The number of amides is 2. The average Bonchev–Trinajstić information content (AvgIpc) is 2.48. The molecular weight excluding hydrogens is 238 g/mol. The van der Waals surface area contributed by atoms with Crippen LogP contribution in [-0.4, -0.2) is 36.6 Å². The van der Waals surface area contributed by atoms with Crippen LogP contribution in [0.15, 0.2) is 24.3 Å². The first-order chi connectivity index (χ1) is 9.33. The van der Waals surface area contributed by atoms with Gasteiger partial charge in [0.15, 0.2) is 0 Å². The monoisotopic (exact) mass is 259 g/mol. The number of hydrogen-bond acceptors (Lipinski definition) is 2. The lowest BCUT2D eigenvalue weighted by molar-refractivity contribution is 0.185. The van der Waals surface area contributed by atoms with Crippen LogP contribution in [0.25, 0.3) is 0 Å². The minimum Gasteiger partial charge on any atom is -0.335 e. The van der Waals surface area contributed by atoms with Gasteiger partial charge in [-0.25, -0.2) is 4.79 Å². The summed E-state index contributed by atoms with van der Waals surface area (Å²) < 4.78 is 0. The number of rotatable bonds is 1. The summed E-state index contributed by atoms with van der Waals surface area (Å²) in [7, 11) is 0. The van der Waals surface area contributed by atoms with Crippen molar-refractivity contribution in [2.45, 2.75) is 31.8 Å². The highest BCUT2D eigenvalue weighted by atomic mass is 16.2. The lowest BCUT2D eigenvalue weighted by Gasteiger charge is -2.32. The van der Waals surface area contributed by atoms with Crippen LogP contribution in [0.4, 0.5) is 4.79 Å². The van der Waals surface area contributed by atoms with Gasteiger partial charge in [-0.2, -0.15) is 0 Å². The van der Waals surface area contributed by atoms with Crippen molar-refractivity contribution in [3.63, 3.8) is 0 Å². The van der Waals surface area contributed by atoms with Gasteiger partial charge in [-0.1, -0.05) is 24.3 Å². The number of nitrogens with one attached hydrogen (secondary N) is 2. The minimum atomic E-state index is 0.0985. The van der Waals surface area contributed by atoms with Gasteiger partial charge in [0.2, 0.25) is 0 Å². The van der Waals surface area contributed by atoms with Gasteiger partial charge in [0.25, 0.3) is 0 Å². The van der Waals surface area contributed by atoms with Crippen molar-refractivity contribution in [1.82, 2.24) is 15.5 Å². The first-order valence-corrected chi connectivity index (χ1v) is 7.16. The van der Waals surface area contributed by atoms with Gasteiger partial charge in [-0.05, 0) is 43.5 Å². The molecule has 2 heterocycles. The van der Waals surface area contributed by atoms with Crippen LogP contribution in [-0.2, 0) is 13.0 Å². The third-order valence-electron chi connectivity index (χ3n) is 4.08. The molecule has 2 amide bonds. The third kappa shape index (κ3) is 2.89. The Balaban J connectivity index is 1.59. The van der Waals surface area contributed by atoms with E-state index in [4.69, 9.17) is 0 Å². The maximum atomic E-state index is 12.3. The van der Waals surface area contributed by atoms with E-state index in [0.717, 1.165) is 45.4 Å². The molecule has 4 nitrogen and oxygen atoms in total. The van der Waals surface area contributed by atoms with Crippen LogP contribution in [0.3, 0.4) is 0 Å². The van der Waals surface area contributed by atoms with Gasteiger partial charge < -0.3 is 15.5 Å². The largest absolute Gasteiger partial charge is 0.335 e. The summed E-state index contributed by atoms with van der Waals surface area (Å²) >= 11 is 0. The summed E-state index contributed by atoms with van der Waals surface area (Å²) in [5, 5.41) is 6.48. The number of benzene rings is 1. The quantitative estimate of drug-likeness (QED) is 0.803. The van der Waals surface area contributed by atoms with E-state index in [1.54, 1.807) is 0 Å². The Labute approximate surface area is 114 Å². The number of urea groups is 1. The van der Waals surface area contributed by atoms with Crippen molar-refractivity contribution in [2.24, 2.45) is 0 Å². The lowest BCUT2D eigenvalue weighted by atomic mass is 10.0. The second-order valence-corrected chi connectivity index (χ2v) is 5.41. The van der Waals surface area contributed by atoms with E-state index < -0.39 is 0 Å². The number of fused-ring (bicyclic) bond motifs is 1. The SMILES string of the molecule is O=C(NC1CCNCC1)N1CCc2ccccc2C1. The zero-order valence-corrected chi connectivity index (χ0v) is 11.2. The van der Waals surface area contributed by atoms with Crippen LogP contribution in [0.5, 0.6) is 0 Å². The molecule has 19 heavy (non-hydrogen) atoms. The van der Waals surface area contributed by atoms with Crippen molar-refractivity contribution in [2.75, 3.05) is 19.6 Å². The van der Waals surface area contributed by atoms with Crippen molar-refractivity contribution in [1.29, 1.82) is 0 Å². The molecule has 0 saturated carbocycles. The highest BCUT2D eigenvalue weighted by Gasteiger charge is 2.23. The fraction of sp³-hybridized carbons (Fsp3) is 0.533. The predicted octanol–water partition coefficient (Wildman–Crippen LogP) is 1.51. The molecule has 0 spiro atoms. The van der Waals surface area contributed by atoms with E-state index in [-0.39, 0.29) is 6.03 Å². The highest BCUT2D eigenvalue weighted by Crippen LogP contribution is 2.18. The van der Waals surface area contributed by atoms with Crippen LogP contribution in [0, 0.1) is 0 Å². The maximum Gasteiger partial charge on any atom is 0.317 e. The molecule has 2 N–H and O–H groups in total. The van der Waals surface area contributed by atoms with E-state index in [2.05, 4.69) is 28.8 Å². The predicted molar refractivity (Wildman–Crippen MR) is 75.0 cm³/mol. The van der Waals surface area contributed by atoms with E-state index in [1.807, 2.05) is 11.0 Å². The number of piperidine rings is 1. The molecule has 1 saturated heterocycles. The summed E-state index contributed by atoms with van der Waals surface area (Å²) in [6.45, 7) is 3.59. The molecule has 3 rings (SSSR count). The van der Waals surface area contributed by atoms with E-state index >= 15 is 0 Å². The first kappa shape index (κ1) is 12.5. The van der Waals surface area contributed by atoms with Crippen molar-refractivity contribution >= 4 is 6.03 Å². The Kier molecular flexibility index (Phi) is 3.69. The Morgan fingerprint density at radius 3 is 2.74 bits per heavy atom. The molecule has 2 aliphatic heterocycles. The molecule has 2 aliphatic rings. The van der Waals surface area contributed by atoms with Gasteiger partial charge in [0.1, 0.15) is 0 Å². The molecular formula is C15H21N3O. The molecule has 1 aromatic carbocycles. The van der Waals surface area contributed by atoms with E-state index in [9.17, 15) is 4.79 Å². The smallest absolute Gasteiger partial charge is 0.317 e. The average molecular weight is 259 g/mol. The molecule has 0 radical (unpaired) electrons. The first-order valence-electron chi connectivity index (χ1n) is 7.16. The highest BCUT2D eigenvalue weighted by molar-refractivity contribution is 5.75. The molecule has 0 unspecified atom stereocenters. The van der Waals surface area contributed by atoms with Crippen molar-refractivity contribution < 1.29 is 4.79 Å². The molecule has 4 heteroatoms. The second kappa shape index (κ2) is 5.61. The fourth-order valence-corrected chi connectivity index (χ4v) is 2.90. The van der Waals surface area contributed by atoms with Crippen LogP contribution in [0.1, 0.15) is 24.0 Å². The molecule has 0 bridgehead atoms. The zero-order chi connectivity index (χ0) is 13.1. The molecule has 0 aliphatic carbocycles. The summed E-state index contributed by atoms with van der Waals surface area (Å²) in [5.41, 5.74) is 2.67. The van der Waals surface area contributed by atoms with Gasteiger partial charge in [-0.15, -0.1) is 0 Å². The van der Waals surface area contributed by atoms with Crippen molar-refractivity contribution in [3.05, 3.63) is 35.4 Å². The van der Waals surface area contributed by atoms with Gasteiger partial charge in [0, 0.05) is 19.1 Å². The Hall–Kier alpha value is -1.55. The molecule has 0 aromatic heterocycles. The normalized spacial score (nSPS) is 19.9. The van der Waals surface area contributed by atoms with Gasteiger partial charge in [0.05, 0.1) is 0 Å². The fourth-order valence-electron chi connectivity index (χ4n) is 2.90. The number of carbonyl (C=O) groups excluding carboxylic acids is 1. The van der Waals surface area contributed by atoms with Gasteiger partial charge >= 0.3 is 6.03 Å². The molecule has 1 fully saturated rings. The Bertz CT molecular complexity index is 454. The minimum absolute atomic E-state index is 0.0985. The molecule has 0 atom stereocenters. The van der Waals surface area contributed by atoms with E-state index in [0.29, 0.717) is 6.04 Å².